The van der Waals surface area contributed by atoms with Gasteiger partial charge in [0.2, 0.25) is 0 Å². The van der Waals surface area contributed by atoms with Gasteiger partial charge in [0.25, 0.3) is 0 Å². The highest BCUT2D eigenvalue weighted by Crippen LogP contribution is 2.41. The van der Waals surface area contributed by atoms with Gasteiger partial charge in [-0.05, 0) is 36.1 Å². The fraction of sp³-hybridized carbons (Fsp3) is 0.217. The van der Waals surface area contributed by atoms with E-state index in [1.807, 2.05) is 25.4 Å². The molecule has 0 saturated heterocycles. The molecule has 2 aromatic heterocycles. The number of thiophene rings is 1. The minimum Gasteiger partial charge on any atom is -0.504 e. The average molecular weight is 404 g/mol. The Morgan fingerprint density at radius 3 is 2.86 bits per heavy atom. The van der Waals surface area contributed by atoms with E-state index in [1.54, 1.807) is 11.3 Å². The summed E-state index contributed by atoms with van der Waals surface area (Å²) in [6.45, 7) is 4.65. The first kappa shape index (κ1) is 18.1. The van der Waals surface area contributed by atoms with Crippen molar-refractivity contribution in [2.45, 2.75) is 20.0 Å². The number of aromatic nitrogens is 2. The molecule has 3 heterocycles. The molecule has 0 amide bonds. The van der Waals surface area contributed by atoms with Crippen molar-refractivity contribution in [1.29, 1.82) is 0 Å². The SMILES string of the molecule is Cc1ncc(CN2CCOc3c(O)cc(-c4csc5ccccc45)cc3C2)cn1. The molecule has 2 aromatic carbocycles. The summed E-state index contributed by atoms with van der Waals surface area (Å²) in [7, 11) is 0. The number of aryl methyl sites for hydroxylation is 1. The fourth-order valence-electron chi connectivity index (χ4n) is 3.80. The summed E-state index contributed by atoms with van der Waals surface area (Å²) in [5.41, 5.74) is 4.23. The third-order valence-electron chi connectivity index (χ3n) is 5.23. The number of ether oxygens (including phenoxy) is 1. The van der Waals surface area contributed by atoms with E-state index in [-0.39, 0.29) is 5.75 Å². The molecule has 6 heteroatoms. The van der Waals surface area contributed by atoms with Crippen LogP contribution in [-0.2, 0) is 13.1 Å². The molecule has 0 saturated carbocycles. The first-order valence-electron chi connectivity index (χ1n) is 9.62. The van der Waals surface area contributed by atoms with Crippen molar-refractivity contribution in [2.75, 3.05) is 13.2 Å². The van der Waals surface area contributed by atoms with Crippen LogP contribution in [0.4, 0.5) is 0 Å². The van der Waals surface area contributed by atoms with E-state index in [0.717, 1.165) is 41.2 Å². The Hall–Kier alpha value is -2.96. The third kappa shape index (κ3) is 3.57. The zero-order valence-electron chi connectivity index (χ0n) is 16.1. The van der Waals surface area contributed by atoms with Gasteiger partial charge in [0.1, 0.15) is 12.4 Å². The molecule has 0 spiro atoms. The average Bonchev–Trinajstić information content (AvgIpc) is 3.04. The molecule has 0 aliphatic carbocycles. The lowest BCUT2D eigenvalue weighted by atomic mass is 10.0. The third-order valence-corrected chi connectivity index (χ3v) is 6.19. The van der Waals surface area contributed by atoms with Crippen LogP contribution in [0.25, 0.3) is 21.2 Å². The largest absolute Gasteiger partial charge is 0.504 e. The minimum atomic E-state index is 0.202. The van der Waals surface area contributed by atoms with E-state index in [2.05, 4.69) is 50.6 Å². The van der Waals surface area contributed by atoms with Crippen LogP contribution in [0.15, 0.2) is 54.2 Å². The number of benzene rings is 2. The van der Waals surface area contributed by atoms with Crippen LogP contribution in [0.1, 0.15) is 17.0 Å². The Labute approximate surface area is 173 Å². The molecule has 5 rings (SSSR count). The Morgan fingerprint density at radius 1 is 1.17 bits per heavy atom. The van der Waals surface area contributed by atoms with Crippen molar-refractivity contribution in [1.82, 2.24) is 14.9 Å². The maximum absolute atomic E-state index is 10.7. The van der Waals surface area contributed by atoms with Crippen LogP contribution in [0, 0.1) is 6.92 Å². The molecule has 1 aliphatic heterocycles. The van der Waals surface area contributed by atoms with Gasteiger partial charge in [-0.2, -0.15) is 0 Å². The molecule has 0 radical (unpaired) electrons. The molecular formula is C23H21N3O2S. The van der Waals surface area contributed by atoms with Crippen LogP contribution < -0.4 is 4.74 Å². The molecule has 0 bridgehead atoms. The van der Waals surface area contributed by atoms with Crippen molar-refractivity contribution < 1.29 is 9.84 Å². The Balaban J connectivity index is 1.49. The molecule has 29 heavy (non-hydrogen) atoms. The van der Waals surface area contributed by atoms with Gasteiger partial charge in [0, 0.05) is 58.8 Å². The predicted molar refractivity (Wildman–Crippen MR) is 115 cm³/mol. The standard InChI is InChI=1S/C23H21N3O2S/c1-15-24-10-16(11-25-15)12-26-6-7-28-23-18(13-26)8-17(9-21(23)27)20-14-29-22-5-3-2-4-19(20)22/h2-5,8-11,14,27H,6-7,12-13H2,1H3. The van der Waals surface area contributed by atoms with Crippen LogP contribution in [0.2, 0.25) is 0 Å². The van der Waals surface area contributed by atoms with Crippen LogP contribution in [0.5, 0.6) is 11.5 Å². The lowest BCUT2D eigenvalue weighted by molar-refractivity contribution is 0.217. The van der Waals surface area contributed by atoms with Gasteiger partial charge in [-0.25, -0.2) is 9.97 Å². The summed E-state index contributed by atoms with van der Waals surface area (Å²) in [5, 5.41) is 14.0. The molecule has 0 fully saturated rings. The molecule has 1 N–H and O–H groups in total. The van der Waals surface area contributed by atoms with E-state index >= 15 is 0 Å². The molecule has 5 nitrogen and oxygen atoms in total. The second kappa shape index (κ2) is 7.46. The monoisotopic (exact) mass is 403 g/mol. The lowest BCUT2D eigenvalue weighted by Gasteiger charge is -2.19. The fourth-order valence-corrected chi connectivity index (χ4v) is 4.77. The summed E-state index contributed by atoms with van der Waals surface area (Å²) in [4.78, 5) is 10.9. The summed E-state index contributed by atoms with van der Waals surface area (Å²) >= 11 is 1.72. The van der Waals surface area contributed by atoms with Crippen LogP contribution in [-0.4, -0.2) is 33.1 Å². The summed E-state index contributed by atoms with van der Waals surface area (Å²) in [6.07, 6.45) is 3.75. The van der Waals surface area contributed by atoms with E-state index < -0.39 is 0 Å². The van der Waals surface area contributed by atoms with Crippen molar-refractivity contribution in [3.63, 3.8) is 0 Å². The summed E-state index contributed by atoms with van der Waals surface area (Å²) in [5.74, 6) is 1.57. The number of nitrogens with zero attached hydrogens (tertiary/aromatic N) is 3. The van der Waals surface area contributed by atoms with Gasteiger partial charge in [-0.3, -0.25) is 4.90 Å². The van der Waals surface area contributed by atoms with Crippen LogP contribution >= 0.6 is 11.3 Å². The van der Waals surface area contributed by atoms with Gasteiger partial charge >= 0.3 is 0 Å². The Bertz CT molecular complexity index is 1170. The van der Waals surface area contributed by atoms with E-state index in [0.29, 0.717) is 18.9 Å². The zero-order chi connectivity index (χ0) is 19.8. The molecule has 0 unspecified atom stereocenters. The number of phenolic OH excluding ortho intramolecular Hbond substituents is 1. The zero-order valence-corrected chi connectivity index (χ0v) is 16.9. The number of fused-ring (bicyclic) bond motifs is 2. The number of phenols is 1. The molecule has 146 valence electrons. The van der Waals surface area contributed by atoms with E-state index in [9.17, 15) is 5.11 Å². The maximum Gasteiger partial charge on any atom is 0.165 e. The van der Waals surface area contributed by atoms with Crippen molar-refractivity contribution in [3.8, 4) is 22.6 Å². The smallest absolute Gasteiger partial charge is 0.165 e. The van der Waals surface area contributed by atoms with Gasteiger partial charge in [-0.1, -0.05) is 18.2 Å². The lowest BCUT2D eigenvalue weighted by Crippen LogP contribution is -2.25. The second-order valence-electron chi connectivity index (χ2n) is 7.33. The highest BCUT2D eigenvalue weighted by Gasteiger charge is 2.21. The molecule has 0 atom stereocenters. The van der Waals surface area contributed by atoms with Gasteiger partial charge in [-0.15, -0.1) is 11.3 Å². The van der Waals surface area contributed by atoms with Gasteiger partial charge in [0.05, 0.1) is 0 Å². The number of hydrogen-bond donors (Lipinski definition) is 1. The van der Waals surface area contributed by atoms with Crippen molar-refractivity contribution >= 4 is 21.4 Å². The highest BCUT2D eigenvalue weighted by molar-refractivity contribution is 7.17. The summed E-state index contributed by atoms with van der Waals surface area (Å²) in [6, 6.07) is 12.3. The molecule has 4 aromatic rings. The topological polar surface area (TPSA) is 58.5 Å². The number of hydrogen-bond acceptors (Lipinski definition) is 6. The van der Waals surface area contributed by atoms with E-state index in [1.165, 1.54) is 10.1 Å². The van der Waals surface area contributed by atoms with Gasteiger partial charge in [0.15, 0.2) is 11.5 Å². The normalized spacial score (nSPS) is 14.4. The van der Waals surface area contributed by atoms with Gasteiger partial charge < -0.3 is 9.84 Å². The Kier molecular flexibility index (Phi) is 4.66. The first-order valence-corrected chi connectivity index (χ1v) is 10.5. The maximum atomic E-state index is 10.7. The highest BCUT2D eigenvalue weighted by atomic mass is 32.1. The van der Waals surface area contributed by atoms with Crippen molar-refractivity contribution in [2.24, 2.45) is 0 Å². The quantitative estimate of drug-likeness (QED) is 0.534. The van der Waals surface area contributed by atoms with E-state index in [4.69, 9.17) is 4.74 Å². The Morgan fingerprint density at radius 2 is 2.00 bits per heavy atom. The number of rotatable bonds is 3. The van der Waals surface area contributed by atoms with Crippen molar-refractivity contribution in [3.05, 3.63) is 71.1 Å². The second-order valence-corrected chi connectivity index (χ2v) is 8.24. The first-order chi connectivity index (χ1) is 14.2. The number of aromatic hydroxyl groups is 1. The molecular weight excluding hydrogens is 382 g/mol. The van der Waals surface area contributed by atoms with Crippen LogP contribution in [0.3, 0.4) is 0 Å². The minimum absolute atomic E-state index is 0.202. The molecule has 1 aliphatic rings. The predicted octanol–water partition coefficient (Wildman–Crippen LogP) is 4.77. The summed E-state index contributed by atoms with van der Waals surface area (Å²) < 4.78 is 7.15.